The number of hydrogen-bond donors (Lipinski definition) is 3. The summed E-state index contributed by atoms with van der Waals surface area (Å²) in [6.07, 6.45) is 1.99. The van der Waals surface area contributed by atoms with E-state index in [9.17, 15) is 13.2 Å². The highest BCUT2D eigenvalue weighted by Gasteiger charge is 2.29. The number of aryl methyl sites for hydroxylation is 1. The Bertz CT molecular complexity index is 572. The van der Waals surface area contributed by atoms with Gasteiger partial charge in [-0.2, -0.15) is 0 Å². The van der Waals surface area contributed by atoms with Crippen LogP contribution in [-0.2, 0) is 17.1 Å². The molecule has 1 aromatic heterocycles. The van der Waals surface area contributed by atoms with E-state index in [0.717, 1.165) is 0 Å². The lowest BCUT2D eigenvalue weighted by Gasteiger charge is -2.31. The topological polar surface area (TPSA) is 114 Å². The van der Waals surface area contributed by atoms with E-state index in [1.807, 2.05) is 0 Å². The quantitative estimate of drug-likeness (QED) is 0.650. The zero-order valence-corrected chi connectivity index (χ0v) is 10.6. The maximum absolute atomic E-state index is 11.9. The second kappa shape index (κ2) is 4.38. The van der Waals surface area contributed by atoms with Gasteiger partial charge in [0.05, 0.1) is 6.10 Å². The fourth-order valence-electron chi connectivity index (χ4n) is 1.88. The van der Waals surface area contributed by atoms with Gasteiger partial charge in [-0.15, -0.1) is 0 Å². The summed E-state index contributed by atoms with van der Waals surface area (Å²) in [6.45, 7) is 0. The molecule has 1 aliphatic rings. The van der Waals surface area contributed by atoms with Gasteiger partial charge >= 0.3 is 0 Å². The minimum atomic E-state index is -3.81. The standard InChI is InChI=1S/C10H15N3O4S/c1-13-5-8(18(11,16)17)4-9(13)10(15)12-6-2-7(14)3-6/h4-7,14H,2-3H2,1H3,(H,12,15)(H2,11,16,17). The van der Waals surface area contributed by atoms with Gasteiger partial charge in [-0.05, 0) is 18.9 Å². The molecule has 0 aromatic carbocycles. The van der Waals surface area contributed by atoms with Crippen molar-refractivity contribution in [2.45, 2.75) is 29.9 Å². The molecule has 0 unspecified atom stereocenters. The Morgan fingerprint density at radius 2 is 2.17 bits per heavy atom. The molecule has 1 amide bonds. The molecule has 0 aliphatic heterocycles. The zero-order valence-electron chi connectivity index (χ0n) is 9.83. The first-order valence-corrected chi connectivity index (χ1v) is 7.00. The van der Waals surface area contributed by atoms with Crippen molar-refractivity contribution >= 4 is 15.9 Å². The van der Waals surface area contributed by atoms with Gasteiger partial charge < -0.3 is 15.0 Å². The van der Waals surface area contributed by atoms with Gasteiger partial charge in [0.15, 0.2) is 0 Å². The maximum Gasteiger partial charge on any atom is 0.268 e. The second-order valence-electron chi connectivity index (χ2n) is 4.51. The van der Waals surface area contributed by atoms with Crippen molar-refractivity contribution in [1.29, 1.82) is 0 Å². The van der Waals surface area contributed by atoms with Crippen molar-refractivity contribution in [1.82, 2.24) is 9.88 Å². The van der Waals surface area contributed by atoms with Gasteiger partial charge in [0.1, 0.15) is 10.6 Å². The van der Waals surface area contributed by atoms with Crippen molar-refractivity contribution in [3.05, 3.63) is 18.0 Å². The van der Waals surface area contributed by atoms with Gasteiger partial charge in [-0.25, -0.2) is 13.6 Å². The normalized spacial score (nSPS) is 23.5. The largest absolute Gasteiger partial charge is 0.393 e. The van der Waals surface area contributed by atoms with Crippen LogP contribution in [0.15, 0.2) is 17.2 Å². The first-order valence-electron chi connectivity index (χ1n) is 5.45. The number of rotatable bonds is 3. The van der Waals surface area contributed by atoms with Crippen molar-refractivity contribution in [3.8, 4) is 0 Å². The highest BCUT2D eigenvalue weighted by atomic mass is 32.2. The third-order valence-electron chi connectivity index (χ3n) is 2.99. The molecule has 4 N–H and O–H groups in total. The van der Waals surface area contributed by atoms with Crippen molar-refractivity contribution in [2.75, 3.05) is 0 Å². The monoisotopic (exact) mass is 273 g/mol. The highest BCUT2D eigenvalue weighted by molar-refractivity contribution is 7.89. The molecular formula is C10H15N3O4S. The molecular weight excluding hydrogens is 258 g/mol. The van der Waals surface area contributed by atoms with Crippen LogP contribution in [0.3, 0.4) is 0 Å². The van der Waals surface area contributed by atoms with E-state index in [2.05, 4.69) is 5.32 Å². The summed E-state index contributed by atoms with van der Waals surface area (Å²) >= 11 is 0. The Kier molecular flexibility index (Phi) is 3.18. The van der Waals surface area contributed by atoms with Crippen LogP contribution >= 0.6 is 0 Å². The third kappa shape index (κ3) is 2.55. The van der Waals surface area contributed by atoms with E-state index in [1.165, 1.54) is 16.8 Å². The summed E-state index contributed by atoms with van der Waals surface area (Å²) in [4.78, 5) is 11.8. The number of amides is 1. The molecule has 1 saturated carbocycles. The number of sulfonamides is 1. The summed E-state index contributed by atoms with van der Waals surface area (Å²) in [5, 5.41) is 16.8. The average Bonchev–Trinajstić information content (AvgIpc) is 2.57. The predicted molar refractivity (Wildman–Crippen MR) is 63.3 cm³/mol. The molecule has 1 fully saturated rings. The van der Waals surface area contributed by atoms with Crippen LogP contribution in [0.1, 0.15) is 23.3 Å². The summed E-state index contributed by atoms with van der Waals surface area (Å²) in [6, 6.07) is 1.18. The van der Waals surface area contributed by atoms with Gasteiger partial charge in [0.25, 0.3) is 5.91 Å². The number of nitrogens with zero attached hydrogens (tertiary/aromatic N) is 1. The van der Waals surface area contributed by atoms with Crippen LogP contribution in [-0.4, -0.2) is 36.1 Å². The molecule has 1 aliphatic carbocycles. The van der Waals surface area contributed by atoms with E-state index >= 15 is 0 Å². The van der Waals surface area contributed by atoms with E-state index in [-0.39, 0.29) is 28.6 Å². The number of carbonyl (C=O) groups is 1. The van der Waals surface area contributed by atoms with E-state index in [4.69, 9.17) is 10.2 Å². The smallest absolute Gasteiger partial charge is 0.268 e. The molecule has 0 atom stereocenters. The van der Waals surface area contributed by atoms with Gasteiger partial charge in [-0.3, -0.25) is 4.79 Å². The molecule has 1 aromatic rings. The Hall–Kier alpha value is -1.38. The molecule has 0 spiro atoms. The van der Waals surface area contributed by atoms with Crippen molar-refractivity contribution in [2.24, 2.45) is 12.2 Å². The SMILES string of the molecule is Cn1cc(S(N)(=O)=O)cc1C(=O)NC1CC(O)C1. The van der Waals surface area contributed by atoms with Crippen LogP contribution in [0.25, 0.3) is 0 Å². The fraction of sp³-hybridized carbons (Fsp3) is 0.500. The predicted octanol–water partition coefficient (Wildman–Crippen LogP) is -1.07. The first-order chi connectivity index (χ1) is 8.27. The first kappa shape index (κ1) is 13.1. The summed E-state index contributed by atoms with van der Waals surface area (Å²) in [5.74, 6) is -0.371. The summed E-state index contributed by atoms with van der Waals surface area (Å²) in [7, 11) is -2.24. The highest BCUT2D eigenvalue weighted by Crippen LogP contribution is 2.20. The number of aliphatic hydroxyl groups is 1. The Labute approximate surface area is 105 Å². The number of primary sulfonamides is 1. The van der Waals surface area contributed by atoms with Crippen LogP contribution < -0.4 is 10.5 Å². The van der Waals surface area contributed by atoms with E-state index in [0.29, 0.717) is 12.8 Å². The lowest BCUT2D eigenvalue weighted by molar-refractivity contribution is 0.0559. The molecule has 7 nitrogen and oxygen atoms in total. The zero-order chi connectivity index (χ0) is 13.5. The Morgan fingerprint density at radius 3 is 2.61 bits per heavy atom. The number of aromatic nitrogens is 1. The lowest BCUT2D eigenvalue weighted by Crippen LogP contribution is -2.47. The molecule has 0 radical (unpaired) electrons. The Morgan fingerprint density at radius 1 is 1.56 bits per heavy atom. The van der Waals surface area contributed by atoms with E-state index < -0.39 is 10.0 Å². The molecule has 0 bridgehead atoms. The van der Waals surface area contributed by atoms with Crippen LogP contribution in [0.5, 0.6) is 0 Å². The maximum atomic E-state index is 11.9. The molecule has 0 saturated heterocycles. The van der Waals surface area contributed by atoms with E-state index in [1.54, 1.807) is 7.05 Å². The minimum absolute atomic E-state index is 0.0552. The van der Waals surface area contributed by atoms with Crippen molar-refractivity contribution < 1.29 is 18.3 Å². The minimum Gasteiger partial charge on any atom is -0.393 e. The molecule has 100 valence electrons. The Balaban J connectivity index is 2.13. The number of nitrogens with one attached hydrogen (secondary N) is 1. The van der Waals surface area contributed by atoms with Crippen LogP contribution in [0, 0.1) is 0 Å². The molecule has 8 heteroatoms. The summed E-state index contributed by atoms with van der Waals surface area (Å²) < 4.78 is 23.7. The number of nitrogens with two attached hydrogens (primary N) is 1. The fourth-order valence-corrected chi connectivity index (χ4v) is 2.46. The number of aliphatic hydroxyl groups excluding tert-OH is 1. The number of hydrogen-bond acceptors (Lipinski definition) is 4. The lowest BCUT2D eigenvalue weighted by atomic mass is 9.89. The third-order valence-corrected chi connectivity index (χ3v) is 3.87. The average molecular weight is 273 g/mol. The van der Waals surface area contributed by atoms with Crippen LogP contribution in [0.2, 0.25) is 0 Å². The molecule has 18 heavy (non-hydrogen) atoms. The van der Waals surface area contributed by atoms with Crippen molar-refractivity contribution in [3.63, 3.8) is 0 Å². The molecule has 2 rings (SSSR count). The van der Waals surface area contributed by atoms with Gasteiger partial charge in [-0.1, -0.05) is 0 Å². The molecule has 1 heterocycles. The summed E-state index contributed by atoms with van der Waals surface area (Å²) in [5.41, 5.74) is 0.223. The number of carbonyl (C=O) groups excluding carboxylic acids is 1. The van der Waals surface area contributed by atoms with Gasteiger partial charge in [0, 0.05) is 19.3 Å². The second-order valence-corrected chi connectivity index (χ2v) is 6.07. The van der Waals surface area contributed by atoms with Gasteiger partial charge in [0.2, 0.25) is 10.0 Å². The van der Waals surface area contributed by atoms with Crippen LogP contribution in [0.4, 0.5) is 0 Å².